The van der Waals surface area contributed by atoms with Gasteiger partial charge in [0.1, 0.15) is 17.1 Å². The number of carbonyl (C=O) groups is 1. The Morgan fingerprint density at radius 3 is 3.00 bits per heavy atom. The summed E-state index contributed by atoms with van der Waals surface area (Å²) in [5.74, 6) is -1.28. The summed E-state index contributed by atoms with van der Waals surface area (Å²) < 4.78 is 0. The quantitative estimate of drug-likeness (QED) is 0.684. The molecule has 2 rings (SSSR count). The summed E-state index contributed by atoms with van der Waals surface area (Å²) in [6.45, 7) is 0. The fraction of sp³-hybridized carbons (Fsp3) is 0.222. The molecule has 1 atom stereocenters. The van der Waals surface area contributed by atoms with Crippen LogP contribution < -0.4 is 0 Å². The topological polar surface area (TPSA) is 99.1 Å². The van der Waals surface area contributed by atoms with E-state index in [0.29, 0.717) is 16.6 Å². The van der Waals surface area contributed by atoms with Crippen LogP contribution in [0.1, 0.15) is 5.56 Å². The summed E-state index contributed by atoms with van der Waals surface area (Å²) in [5.41, 5.74) is 1.10. The van der Waals surface area contributed by atoms with Gasteiger partial charge in [0, 0.05) is 12.6 Å². The van der Waals surface area contributed by atoms with Gasteiger partial charge in [0.05, 0.1) is 5.39 Å². The highest BCUT2D eigenvalue weighted by molar-refractivity contribution is 6.34. The molecule has 0 aromatic carbocycles. The van der Waals surface area contributed by atoms with E-state index in [1.54, 1.807) is 6.20 Å². The van der Waals surface area contributed by atoms with Crippen molar-refractivity contribution in [1.29, 1.82) is 0 Å². The Hall–Kier alpha value is -1.66. The molecular weight excluding hydrogens is 234 g/mol. The number of H-pyrrole nitrogens is 1. The van der Waals surface area contributed by atoms with Gasteiger partial charge in [-0.05, 0) is 5.56 Å². The van der Waals surface area contributed by atoms with Gasteiger partial charge in [-0.3, -0.25) is 0 Å². The normalized spacial score (nSPS) is 12.9. The first kappa shape index (κ1) is 10.8. The molecule has 0 aliphatic rings. The first-order valence-corrected chi connectivity index (χ1v) is 4.84. The number of nitrogens with zero attached hydrogens (tertiary/aromatic N) is 2. The number of aromatic nitrogens is 3. The minimum Gasteiger partial charge on any atom is -0.479 e. The lowest BCUT2D eigenvalue weighted by atomic mass is 10.1. The Kier molecular flexibility index (Phi) is 2.76. The van der Waals surface area contributed by atoms with Crippen molar-refractivity contribution < 1.29 is 15.0 Å². The van der Waals surface area contributed by atoms with Crippen LogP contribution in [0.5, 0.6) is 0 Å². The third-order valence-corrected chi connectivity index (χ3v) is 2.49. The monoisotopic (exact) mass is 241 g/mol. The fourth-order valence-electron chi connectivity index (χ4n) is 1.44. The van der Waals surface area contributed by atoms with E-state index in [0.717, 1.165) is 0 Å². The number of nitrogens with one attached hydrogen (secondary N) is 1. The molecule has 2 aromatic rings. The molecule has 0 aliphatic carbocycles. The maximum absolute atomic E-state index is 10.5. The number of carboxylic acid groups (broad SMARTS) is 1. The summed E-state index contributed by atoms with van der Waals surface area (Å²) in [4.78, 5) is 21.1. The molecule has 2 aromatic heterocycles. The first-order chi connectivity index (χ1) is 7.59. The molecule has 6 nitrogen and oxygen atoms in total. The van der Waals surface area contributed by atoms with Crippen molar-refractivity contribution >= 4 is 28.6 Å². The number of aliphatic hydroxyl groups excluding tert-OH is 1. The predicted octanol–water partition coefficient (Wildman–Crippen LogP) is 0.599. The molecule has 84 valence electrons. The summed E-state index contributed by atoms with van der Waals surface area (Å²) in [6.07, 6.45) is 1.37. The van der Waals surface area contributed by atoms with Gasteiger partial charge in [0.15, 0.2) is 6.10 Å². The highest BCUT2D eigenvalue weighted by atomic mass is 35.5. The van der Waals surface area contributed by atoms with Gasteiger partial charge in [-0.1, -0.05) is 11.6 Å². The summed E-state index contributed by atoms with van der Waals surface area (Å²) in [6, 6.07) is 0. The van der Waals surface area contributed by atoms with Crippen LogP contribution in [0, 0.1) is 0 Å². The average molecular weight is 242 g/mol. The van der Waals surface area contributed by atoms with E-state index >= 15 is 0 Å². The van der Waals surface area contributed by atoms with Crippen molar-refractivity contribution in [3.63, 3.8) is 0 Å². The number of aromatic amines is 1. The van der Waals surface area contributed by atoms with Crippen molar-refractivity contribution in [3.8, 4) is 0 Å². The number of fused-ring (bicyclic) bond motifs is 1. The van der Waals surface area contributed by atoms with Crippen molar-refractivity contribution in [2.45, 2.75) is 12.5 Å². The number of rotatable bonds is 3. The van der Waals surface area contributed by atoms with Gasteiger partial charge in [-0.2, -0.15) is 0 Å². The lowest BCUT2D eigenvalue weighted by Crippen LogP contribution is -2.21. The molecule has 0 radical (unpaired) electrons. The largest absolute Gasteiger partial charge is 0.479 e. The van der Waals surface area contributed by atoms with Crippen LogP contribution in [0.2, 0.25) is 5.15 Å². The molecular formula is C9H8ClN3O3. The number of aliphatic carboxylic acids is 1. The third kappa shape index (κ3) is 1.84. The van der Waals surface area contributed by atoms with Gasteiger partial charge < -0.3 is 15.2 Å². The smallest absolute Gasteiger partial charge is 0.332 e. The van der Waals surface area contributed by atoms with Crippen molar-refractivity contribution in [2.75, 3.05) is 0 Å². The van der Waals surface area contributed by atoms with Gasteiger partial charge in [-0.25, -0.2) is 14.8 Å². The number of carboxylic acids is 1. The minimum atomic E-state index is -1.46. The SMILES string of the molecule is O=C(O)C(O)Cc1c[nH]c2ncnc(Cl)c12. The van der Waals surface area contributed by atoms with Crippen molar-refractivity contribution in [3.05, 3.63) is 23.2 Å². The van der Waals surface area contributed by atoms with Crippen LogP contribution in [0.3, 0.4) is 0 Å². The molecule has 0 spiro atoms. The van der Waals surface area contributed by atoms with Crippen LogP contribution in [0.4, 0.5) is 0 Å². The first-order valence-electron chi connectivity index (χ1n) is 4.47. The lowest BCUT2D eigenvalue weighted by molar-refractivity contribution is -0.146. The molecule has 0 saturated carbocycles. The Labute approximate surface area is 94.9 Å². The summed E-state index contributed by atoms with van der Waals surface area (Å²) >= 11 is 5.87. The minimum absolute atomic E-state index is 0.0393. The maximum atomic E-state index is 10.5. The van der Waals surface area contributed by atoms with Gasteiger partial charge in [0.2, 0.25) is 0 Å². The van der Waals surface area contributed by atoms with E-state index in [-0.39, 0.29) is 11.6 Å². The summed E-state index contributed by atoms with van der Waals surface area (Å²) in [7, 11) is 0. The molecule has 16 heavy (non-hydrogen) atoms. The zero-order valence-electron chi connectivity index (χ0n) is 8.01. The van der Waals surface area contributed by atoms with E-state index in [1.165, 1.54) is 6.33 Å². The number of aliphatic hydroxyl groups is 1. The van der Waals surface area contributed by atoms with Crippen LogP contribution in [-0.2, 0) is 11.2 Å². The molecule has 0 aliphatic heterocycles. The van der Waals surface area contributed by atoms with Crippen molar-refractivity contribution in [1.82, 2.24) is 15.0 Å². The molecule has 0 amide bonds. The lowest BCUT2D eigenvalue weighted by Gasteiger charge is -2.03. The maximum Gasteiger partial charge on any atom is 0.332 e. The van der Waals surface area contributed by atoms with E-state index in [4.69, 9.17) is 16.7 Å². The van der Waals surface area contributed by atoms with Gasteiger partial charge >= 0.3 is 5.97 Å². The Balaban J connectivity index is 2.42. The van der Waals surface area contributed by atoms with E-state index in [9.17, 15) is 9.90 Å². The van der Waals surface area contributed by atoms with E-state index in [1.807, 2.05) is 0 Å². The Morgan fingerprint density at radius 2 is 2.31 bits per heavy atom. The summed E-state index contributed by atoms with van der Waals surface area (Å²) in [5, 5.41) is 18.6. The second-order valence-corrected chi connectivity index (χ2v) is 3.62. The molecule has 1 unspecified atom stereocenters. The van der Waals surface area contributed by atoms with E-state index in [2.05, 4.69) is 15.0 Å². The Morgan fingerprint density at radius 1 is 1.56 bits per heavy atom. The van der Waals surface area contributed by atoms with Crippen LogP contribution >= 0.6 is 11.6 Å². The van der Waals surface area contributed by atoms with Crippen LogP contribution in [-0.4, -0.2) is 37.2 Å². The third-order valence-electron chi connectivity index (χ3n) is 2.20. The molecule has 0 saturated heterocycles. The highest BCUT2D eigenvalue weighted by Crippen LogP contribution is 2.23. The van der Waals surface area contributed by atoms with E-state index < -0.39 is 12.1 Å². The number of hydrogen-bond acceptors (Lipinski definition) is 4. The van der Waals surface area contributed by atoms with Gasteiger partial charge in [-0.15, -0.1) is 0 Å². The molecule has 7 heteroatoms. The zero-order valence-corrected chi connectivity index (χ0v) is 8.77. The second kappa shape index (κ2) is 4.07. The van der Waals surface area contributed by atoms with Crippen LogP contribution in [0.15, 0.2) is 12.5 Å². The average Bonchev–Trinajstić information content (AvgIpc) is 2.63. The molecule has 2 heterocycles. The predicted molar refractivity (Wildman–Crippen MR) is 56.2 cm³/mol. The standard InChI is InChI=1S/C9H8ClN3O3/c10-7-6-4(1-5(14)9(15)16)2-11-8(6)13-3-12-7/h2-3,5,14H,1H2,(H,15,16)(H,11,12,13). The number of halogens is 1. The van der Waals surface area contributed by atoms with Gasteiger partial charge in [0.25, 0.3) is 0 Å². The fourth-order valence-corrected chi connectivity index (χ4v) is 1.70. The Bertz CT molecular complexity index is 540. The molecule has 0 fully saturated rings. The van der Waals surface area contributed by atoms with Crippen LogP contribution in [0.25, 0.3) is 11.0 Å². The molecule has 0 bridgehead atoms. The number of hydrogen-bond donors (Lipinski definition) is 3. The highest BCUT2D eigenvalue weighted by Gasteiger charge is 2.18. The second-order valence-electron chi connectivity index (χ2n) is 3.26. The molecule has 3 N–H and O–H groups in total. The van der Waals surface area contributed by atoms with Crippen molar-refractivity contribution in [2.24, 2.45) is 0 Å². The zero-order chi connectivity index (χ0) is 11.7.